The Bertz CT molecular complexity index is 755. The summed E-state index contributed by atoms with van der Waals surface area (Å²) in [4.78, 5) is 13.8. The molecule has 0 radical (unpaired) electrons. The molecule has 0 atom stereocenters. The van der Waals surface area contributed by atoms with Crippen LogP contribution < -0.4 is 10.0 Å². The van der Waals surface area contributed by atoms with Crippen LogP contribution in [0, 0.1) is 0 Å². The monoisotopic (exact) mass is 350 g/mol. The van der Waals surface area contributed by atoms with Crippen molar-refractivity contribution >= 4 is 22.4 Å². The SMILES string of the molecule is O=C([O-])c1ccc2cc(N(C3CCCCC3)C3CCCCC3)ccc2c1. The van der Waals surface area contributed by atoms with Crippen molar-refractivity contribution in [2.24, 2.45) is 0 Å². The average molecular weight is 350 g/mol. The van der Waals surface area contributed by atoms with Crippen LogP contribution >= 0.6 is 0 Å². The summed E-state index contributed by atoms with van der Waals surface area (Å²) in [5, 5.41) is 13.2. The zero-order valence-electron chi connectivity index (χ0n) is 15.5. The summed E-state index contributed by atoms with van der Waals surface area (Å²) in [6.07, 6.45) is 13.3. The molecule has 0 amide bonds. The van der Waals surface area contributed by atoms with Crippen molar-refractivity contribution in [2.75, 3.05) is 4.90 Å². The van der Waals surface area contributed by atoms with E-state index in [2.05, 4.69) is 23.1 Å². The highest BCUT2D eigenvalue weighted by Gasteiger charge is 2.29. The van der Waals surface area contributed by atoms with E-state index in [1.165, 1.54) is 69.9 Å². The fourth-order valence-corrected chi connectivity index (χ4v) is 4.96. The largest absolute Gasteiger partial charge is 0.545 e. The number of hydrogen-bond donors (Lipinski definition) is 0. The van der Waals surface area contributed by atoms with Crippen LogP contribution in [0.3, 0.4) is 0 Å². The molecule has 2 aromatic rings. The summed E-state index contributed by atoms with van der Waals surface area (Å²) in [6.45, 7) is 0. The molecule has 0 saturated heterocycles. The zero-order valence-corrected chi connectivity index (χ0v) is 15.5. The molecule has 26 heavy (non-hydrogen) atoms. The van der Waals surface area contributed by atoms with Crippen molar-refractivity contribution in [3.05, 3.63) is 42.0 Å². The van der Waals surface area contributed by atoms with Crippen molar-refractivity contribution in [1.29, 1.82) is 0 Å². The van der Waals surface area contributed by atoms with Gasteiger partial charge in [0, 0.05) is 17.8 Å². The van der Waals surface area contributed by atoms with Crippen LogP contribution in [-0.4, -0.2) is 18.1 Å². The Morgan fingerprint density at radius 3 is 1.88 bits per heavy atom. The lowest BCUT2D eigenvalue weighted by molar-refractivity contribution is -0.255. The van der Waals surface area contributed by atoms with Crippen molar-refractivity contribution in [3.8, 4) is 0 Å². The predicted octanol–water partition coefficient (Wildman–Crippen LogP) is 4.68. The number of benzene rings is 2. The zero-order chi connectivity index (χ0) is 17.9. The van der Waals surface area contributed by atoms with Crippen LogP contribution in [0.1, 0.15) is 74.6 Å². The number of rotatable bonds is 4. The number of nitrogens with zero attached hydrogens (tertiary/aromatic N) is 1. The van der Waals surface area contributed by atoms with Gasteiger partial charge in [0.05, 0.1) is 5.97 Å². The summed E-state index contributed by atoms with van der Waals surface area (Å²) >= 11 is 0. The number of carboxylic acid groups (broad SMARTS) is 1. The summed E-state index contributed by atoms with van der Waals surface area (Å²) in [6, 6.07) is 13.2. The second kappa shape index (κ2) is 7.69. The highest BCUT2D eigenvalue weighted by molar-refractivity contribution is 5.94. The molecular weight excluding hydrogens is 322 g/mol. The Balaban J connectivity index is 1.69. The van der Waals surface area contributed by atoms with E-state index < -0.39 is 5.97 Å². The summed E-state index contributed by atoms with van der Waals surface area (Å²) < 4.78 is 0. The van der Waals surface area contributed by atoms with Crippen LogP contribution in [0.25, 0.3) is 10.8 Å². The molecule has 0 bridgehead atoms. The molecule has 0 heterocycles. The molecule has 0 unspecified atom stereocenters. The number of carbonyl (C=O) groups is 1. The molecule has 0 aromatic heterocycles. The van der Waals surface area contributed by atoms with Gasteiger partial charge in [-0.15, -0.1) is 0 Å². The first-order valence-corrected chi connectivity index (χ1v) is 10.3. The molecule has 2 aliphatic carbocycles. The van der Waals surface area contributed by atoms with Crippen molar-refractivity contribution in [2.45, 2.75) is 76.3 Å². The van der Waals surface area contributed by atoms with Gasteiger partial charge in [-0.05, 0) is 60.2 Å². The smallest absolute Gasteiger partial charge is 0.0715 e. The number of carbonyl (C=O) groups excluding carboxylic acids is 1. The molecule has 0 spiro atoms. The molecule has 2 saturated carbocycles. The molecule has 3 heteroatoms. The molecule has 2 aromatic carbocycles. The van der Waals surface area contributed by atoms with E-state index in [-0.39, 0.29) is 5.56 Å². The summed E-state index contributed by atoms with van der Waals surface area (Å²) in [5.74, 6) is -1.11. The average Bonchev–Trinajstić information content (AvgIpc) is 2.69. The summed E-state index contributed by atoms with van der Waals surface area (Å²) in [7, 11) is 0. The Hall–Kier alpha value is -2.03. The van der Waals surface area contributed by atoms with E-state index in [9.17, 15) is 9.90 Å². The van der Waals surface area contributed by atoms with E-state index in [0.29, 0.717) is 12.1 Å². The van der Waals surface area contributed by atoms with E-state index in [4.69, 9.17) is 0 Å². The van der Waals surface area contributed by atoms with Gasteiger partial charge < -0.3 is 14.8 Å². The fraction of sp³-hybridized carbons (Fsp3) is 0.522. The fourth-order valence-electron chi connectivity index (χ4n) is 4.96. The molecule has 0 N–H and O–H groups in total. The third-order valence-electron chi connectivity index (χ3n) is 6.29. The van der Waals surface area contributed by atoms with Gasteiger partial charge >= 0.3 is 0 Å². The first kappa shape index (κ1) is 17.4. The third kappa shape index (κ3) is 3.58. The van der Waals surface area contributed by atoms with Gasteiger partial charge in [0.2, 0.25) is 0 Å². The minimum Gasteiger partial charge on any atom is -0.545 e. The number of anilines is 1. The normalized spacial score (nSPS) is 19.5. The second-order valence-corrected chi connectivity index (χ2v) is 8.02. The van der Waals surface area contributed by atoms with Crippen LogP contribution in [0.2, 0.25) is 0 Å². The number of aromatic carboxylic acids is 1. The lowest BCUT2D eigenvalue weighted by atomic mass is 9.88. The van der Waals surface area contributed by atoms with E-state index in [0.717, 1.165) is 10.8 Å². The first-order chi connectivity index (χ1) is 12.7. The highest BCUT2D eigenvalue weighted by atomic mass is 16.4. The van der Waals surface area contributed by atoms with E-state index in [1.54, 1.807) is 12.1 Å². The highest BCUT2D eigenvalue weighted by Crippen LogP contribution is 2.35. The lowest BCUT2D eigenvalue weighted by Crippen LogP contribution is -2.45. The number of fused-ring (bicyclic) bond motifs is 1. The molecule has 2 aliphatic rings. The third-order valence-corrected chi connectivity index (χ3v) is 6.29. The van der Waals surface area contributed by atoms with Gasteiger partial charge in [-0.25, -0.2) is 0 Å². The molecule has 0 aliphatic heterocycles. The second-order valence-electron chi connectivity index (χ2n) is 8.02. The maximum absolute atomic E-state index is 11.1. The van der Waals surface area contributed by atoms with Crippen LogP contribution in [0.5, 0.6) is 0 Å². The molecule has 138 valence electrons. The number of hydrogen-bond acceptors (Lipinski definition) is 3. The van der Waals surface area contributed by atoms with Gasteiger partial charge in [0.1, 0.15) is 0 Å². The van der Waals surface area contributed by atoms with Gasteiger partial charge in [0.15, 0.2) is 0 Å². The molecule has 2 fully saturated rings. The Morgan fingerprint density at radius 1 is 0.769 bits per heavy atom. The minimum atomic E-state index is -1.11. The van der Waals surface area contributed by atoms with Crippen LogP contribution in [-0.2, 0) is 0 Å². The van der Waals surface area contributed by atoms with Gasteiger partial charge in [-0.1, -0.05) is 56.7 Å². The van der Waals surface area contributed by atoms with Gasteiger partial charge in [-0.3, -0.25) is 0 Å². The molecule has 4 rings (SSSR count). The first-order valence-electron chi connectivity index (χ1n) is 10.3. The summed E-state index contributed by atoms with van der Waals surface area (Å²) in [5.41, 5.74) is 1.57. The van der Waals surface area contributed by atoms with Crippen molar-refractivity contribution in [3.63, 3.8) is 0 Å². The molecule has 3 nitrogen and oxygen atoms in total. The minimum absolute atomic E-state index is 0.252. The topological polar surface area (TPSA) is 43.4 Å². The Kier molecular flexibility index (Phi) is 5.14. The number of carboxylic acids is 1. The lowest BCUT2D eigenvalue weighted by Gasteiger charge is -2.43. The maximum Gasteiger partial charge on any atom is 0.0715 e. The van der Waals surface area contributed by atoms with Crippen molar-refractivity contribution in [1.82, 2.24) is 0 Å². The standard InChI is InChI=1S/C23H29NO2/c25-23(26)19-12-11-18-16-22(14-13-17(18)15-19)24(20-7-3-1-4-8-20)21-9-5-2-6-10-21/h11-16,20-21H,1-10H2,(H,25,26)/p-1. The Labute approximate surface area is 156 Å². The predicted molar refractivity (Wildman–Crippen MR) is 105 cm³/mol. The van der Waals surface area contributed by atoms with Crippen LogP contribution in [0.4, 0.5) is 5.69 Å². The van der Waals surface area contributed by atoms with Crippen molar-refractivity contribution < 1.29 is 9.90 Å². The quantitative estimate of drug-likeness (QED) is 0.804. The van der Waals surface area contributed by atoms with Crippen LogP contribution in [0.15, 0.2) is 36.4 Å². The maximum atomic E-state index is 11.1. The van der Waals surface area contributed by atoms with E-state index >= 15 is 0 Å². The Morgan fingerprint density at radius 2 is 1.31 bits per heavy atom. The van der Waals surface area contributed by atoms with Gasteiger partial charge in [-0.2, -0.15) is 0 Å². The molecular formula is C23H28NO2-. The van der Waals surface area contributed by atoms with E-state index in [1.807, 2.05) is 6.07 Å². The van der Waals surface area contributed by atoms with Gasteiger partial charge in [0.25, 0.3) is 0 Å².